The third-order valence-electron chi connectivity index (χ3n) is 5.56. The summed E-state index contributed by atoms with van der Waals surface area (Å²) in [6.45, 7) is 7.55. The van der Waals surface area contributed by atoms with Crippen LogP contribution in [-0.4, -0.2) is 48.4 Å². The number of carbonyl (C=O) groups is 1. The third kappa shape index (κ3) is 5.67. The molecule has 0 atom stereocenters. The van der Waals surface area contributed by atoms with E-state index >= 15 is 0 Å². The van der Waals surface area contributed by atoms with Crippen molar-refractivity contribution in [1.82, 2.24) is 14.6 Å². The maximum atomic E-state index is 12.6. The molecule has 0 unspecified atom stereocenters. The van der Waals surface area contributed by atoms with Gasteiger partial charge in [0.05, 0.1) is 12.8 Å². The molecule has 162 valence electrons. The lowest BCUT2D eigenvalue weighted by Crippen LogP contribution is -2.26. The number of hydrogen-bond acceptors (Lipinski definition) is 5. The lowest BCUT2D eigenvalue weighted by Gasteiger charge is -2.18. The second-order valence-electron chi connectivity index (χ2n) is 7.35. The minimum Gasteiger partial charge on any atom is -0.481 e. The van der Waals surface area contributed by atoms with Gasteiger partial charge in [0.1, 0.15) is 0 Å². The molecule has 2 amide bonds. The van der Waals surface area contributed by atoms with Crippen LogP contribution in [0.25, 0.3) is 11.1 Å². The number of aromatic nitrogens is 1. The molecular weight excluding hydrogens is 396 g/mol. The van der Waals surface area contributed by atoms with Crippen LogP contribution in [0.5, 0.6) is 5.88 Å². The van der Waals surface area contributed by atoms with Crippen LogP contribution in [0, 0.1) is 0 Å². The molecule has 0 spiro atoms. The molecule has 30 heavy (non-hydrogen) atoms. The first-order valence-corrected chi connectivity index (χ1v) is 11.7. The summed E-state index contributed by atoms with van der Waals surface area (Å²) < 4.78 is 8.23. The van der Waals surface area contributed by atoms with Gasteiger partial charge < -0.3 is 15.0 Å². The predicted molar refractivity (Wildman–Crippen MR) is 125 cm³/mol. The van der Waals surface area contributed by atoms with Gasteiger partial charge in [-0.1, -0.05) is 26.0 Å². The number of hydrogen-bond donors (Lipinski definition) is 2. The first-order chi connectivity index (χ1) is 14.7. The number of amides is 2. The molecule has 0 saturated heterocycles. The van der Waals surface area contributed by atoms with E-state index in [1.54, 1.807) is 13.3 Å². The Hall–Kier alpha value is -2.25. The lowest BCUT2D eigenvalue weighted by molar-refractivity contribution is 0.257. The Labute approximate surface area is 183 Å². The zero-order valence-electron chi connectivity index (χ0n) is 18.2. The number of pyridine rings is 1. The molecule has 0 aliphatic heterocycles. The predicted octanol–water partition coefficient (Wildman–Crippen LogP) is 4.75. The summed E-state index contributed by atoms with van der Waals surface area (Å²) in [6.07, 6.45) is 5.95. The second kappa shape index (κ2) is 11.2. The number of anilines is 1. The average Bonchev–Trinajstić information content (AvgIpc) is 3.26. The number of benzene rings is 1. The number of nitrogens with zero attached hydrogens (tertiary/aromatic N) is 2. The smallest absolute Gasteiger partial charge is 0.329 e. The molecule has 1 aromatic heterocycles. The van der Waals surface area contributed by atoms with Gasteiger partial charge in [0, 0.05) is 23.6 Å². The number of nitrogens with one attached hydrogen (secondary N) is 2. The van der Waals surface area contributed by atoms with E-state index in [1.165, 1.54) is 23.1 Å². The van der Waals surface area contributed by atoms with Crippen molar-refractivity contribution < 1.29 is 9.53 Å². The molecule has 2 aromatic rings. The Balaban J connectivity index is 1.67. The van der Waals surface area contributed by atoms with Crippen molar-refractivity contribution in [3.8, 4) is 17.0 Å². The van der Waals surface area contributed by atoms with E-state index in [2.05, 4.69) is 45.9 Å². The second-order valence-corrected chi connectivity index (χ2v) is 8.25. The standard InChI is InChI=1S/C23H32N4O2S/c1-4-27(5-2)14-7-15-30-26-23(28)25-22-19-9-6-8-17(19)10-11-20(22)18-12-13-24-21(16-18)29-3/h10-13,16H,4-9,14-15H2,1-3H3,(H2,25,26,28). The Morgan fingerprint density at radius 1 is 1.23 bits per heavy atom. The van der Waals surface area contributed by atoms with Gasteiger partial charge in [-0.2, -0.15) is 0 Å². The maximum absolute atomic E-state index is 12.6. The van der Waals surface area contributed by atoms with Crippen molar-refractivity contribution in [3.63, 3.8) is 0 Å². The molecular formula is C23H32N4O2S. The van der Waals surface area contributed by atoms with E-state index in [-0.39, 0.29) is 6.03 Å². The van der Waals surface area contributed by atoms with Gasteiger partial charge in [-0.15, -0.1) is 0 Å². The molecule has 1 aliphatic rings. The molecule has 1 aromatic carbocycles. The van der Waals surface area contributed by atoms with Gasteiger partial charge in [-0.3, -0.25) is 4.72 Å². The monoisotopic (exact) mass is 428 g/mol. The number of carbonyl (C=O) groups excluding carboxylic acids is 1. The van der Waals surface area contributed by atoms with Gasteiger partial charge in [-0.25, -0.2) is 9.78 Å². The van der Waals surface area contributed by atoms with Crippen LogP contribution >= 0.6 is 11.9 Å². The lowest BCUT2D eigenvalue weighted by atomic mass is 9.98. The summed E-state index contributed by atoms with van der Waals surface area (Å²) in [5.41, 5.74) is 5.45. The highest BCUT2D eigenvalue weighted by molar-refractivity contribution is 7.97. The SMILES string of the molecule is CCN(CC)CCCSNC(=O)Nc1c(-c2ccnc(OC)c2)ccc2c1CCC2. The fourth-order valence-electron chi connectivity index (χ4n) is 3.89. The molecule has 1 heterocycles. The van der Waals surface area contributed by atoms with Crippen LogP contribution in [0.15, 0.2) is 30.5 Å². The van der Waals surface area contributed by atoms with E-state index < -0.39 is 0 Å². The quantitative estimate of drug-likeness (QED) is 0.422. The minimum atomic E-state index is -0.176. The Morgan fingerprint density at radius 2 is 2.07 bits per heavy atom. The van der Waals surface area contributed by atoms with Crippen LogP contribution in [0.3, 0.4) is 0 Å². The molecule has 7 heteroatoms. The number of urea groups is 1. The van der Waals surface area contributed by atoms with Crippen molar-refractivity contribution in [2.45, 2.75) is 39.5 Å². The van der Waals surface area contributed by atoms with E-state index in [4.69, 9.17) is 4.74 Å². The average molecular weight is 429 g/mol. The van der Waals surface area contributed by atoms with Crippen molar-refractivity contribution in [2.24, 2.45) is 0 Å². The Kier molecular flexibility index (Phi) is 8.39. The number of aryl methyl sites for hydroxylation is 1. The first kappa shape index (κ1) is 22.4. The topological polar surface area (TPSA) is 66.5 Å². The highest BCUT2D eigenvalue weighted by Gasteiger charge is 2.20. The number of ether oxygens (including phenoxy) is 1. The Morgan fingerprint density at radius 3 is 2.83 bits per heavy atom. The van der Waals surface area contributed by atoms with Gasteiger partial charge in [0.25, 0.3) is 0 Å². The van der Waals surface area contributed by atoms with E-state index in [9.17, 15) is 4.79 Å². The third-order valence-corrected chi connectivity index (χ3v) is 6.38. The summed E-state index contributed by atoms with van der Waals surface area (Å²) in [7, 11) is 1.61. The summed E-state index contributed by atoms with van der Waals surface area (Å²) in [4.78, 5) is 19.2. The fraction of sp³-hybridized carbons (Fsp3) is 0.478. The minimum absolute atomic E-state index is 0.176. The van der Waals surface area contributed by atoms with Crippen molar-refractivity contribution in [2.75, 3.05) is 37.8 Å². The highest BCUT2D eigenvalue weighted by Crippen LogP contribution is 2.38. The number of fused-ring (bicyclic) bond motifs is 1. The Bertz CT molecular complexity index is 855. The number of methoxy groups -OCH3 is 1. The van der Waals surface area contributed by atoms with Crippen LogP contribution in [0.4, 0.5) is 10.5 Å². The highest BCUT2D eigenvalue weighted by atomic mass is 32.2. The summed E-state index contributed by atoms with van der Waals surface area (Å²) in [5, 5.41) is 3.13. The summed E-state index contributed by atoms with van der Waals surface area (Å²) in [6, 6.07) is 7.94. The van der Waals surface area contributed by atoms with Gasteiger partial charge >= 0.3 is 6.03 Å². The molecule has 2 N–H and O–H groups in total. The van der Waals surface area contributed by atoms with Crippen LogP contribution in [-0.2, 0) is 12.8 Å². The van der Waals surface area contributed by atoms with Gasteiger partial charge in [0.2, 0.25) is 5.88 Å². The summed E-state index contributed by atoms with van der Waals surface area (Å²) in [5.74, 6) is 1.46. The molecule has 6 nitrogen and oxygen atoms in total. The zero-order valence-corrected chi connectivity index (χ0v) is 19.0. The first-order valence-electron chi connectivity index (χ1n) is 10.7. The maximum Gasteiger partial charge on any atom is 0.329 e. The largest absolute Gasteiger partial charge is 0.481 e. The summed E-state index contributed by atoms with van der Waals surface area (Å²) >= 11 is 1.47. The molecule has 3 rings (SSSR count). The van der Waals surface area contributed by atoms with Crippen LogP contribution in [0.1, 0.15) is 37.8 Å². The molecule has 0 bridgehead atoms. The van der Waals surface area contributed by atoms with Crippen LogP contribution < -0.4 is 14.8 Å². The fourth-order valence-corrected chi connectivity index (χ4v) is 4.45. The zero-order chi connectivity index (χ0) is 21.3. The molecule has 0 radical (unpaired) electrons. The van der Waals surface area contributed by atoms with Crippen LogP contribution in [0.2, 0.25) is 0 Å². The molecule has 0 fully saturated rings. The van der Waals surface area contributed by atoms with E-state index in [0.29, 0.717) is 5.88 Å². The van der Waals surface area contributed by atoms with Gasteiger partial charge in [0.15, 0.2) is 0 Å². The van der Waals surface area contributed by atoms with E-state index in [1.807, 2.05) is 12.1 Å². The van der Waals surface area contributed by atoms with Gasteiger partial charge in [-0.05, 0) is 80.0 Å². The van der Waals surface area contributed by atoms with Crippen molar-refractivity contribution >= 4 is 23.7 Å². The normalized spacial score (nSPS) is 12.7. The molecule has 1 aliphatic carbocycles. The van der Waals surface area contributed by atoms with Crippen molar-refractivity contribution in [3.05, 3.63) is 41.6 Å². The van der Waals surface area contributed by atoms with Crippen molar-refractivity contribution in [1.29, 1.82) is 0 Å². The number of rotatable bonds is 10. The van der Waals surface area contributed by atoms with E-state index in [0.717, 1.165) is 67.9 Å². The molecule has 0 saturated carbocycles.